The zero-order valence-electron chi connectivity index (χ0n) is 27.4. The van der Waals surface area contributed by atoms with Crippen molar-refractivity contribution >= 4 is 23.9 Å². The molecule has 3 aliphatic rings. The van der Waals surface area contributed by atoms with Crippen LogP contribution in [0.5, 0.6) is 0 Å². The van der Waals surface area contributed by atoms with Crippen LogP contribution in [0.15, 0.2) is 30.3 Å². The fourth-order valence-corrected chi connectivity index (χ4v) is 6.54. The molecule has 3 aliphatic heterocycles. The summed E-state index contributed by atoms with van der Waals surface area (Å²) in [6.07, 6.45) is -6.84. The lowest BCUT2D eigenvalue weighted by molar-refractivity contribution is -0.231. The number of aliphatic hydroxyl groups excluding tert-OH is 3. The van der Waals surface area contributed by atoms with Crippen LogP contribution in [0.1, 0.15) is 57.3 Å². The predicted octanol–water partition coefficient (Wildman–Crippen LogP) is -0.282. The quantitative estimate of drug-likeness (QED) is 0.191. The summed E-state index contributed by atoms with van der Waals surface area (Å²) < 4.78 is 17.5. The van der Waals surface area contributed by atoms with E-state index in [2.05, 4.69) is 15.5 Å². The average Bonchev–Trinajstić information content (AvgIpc) is 3.44. The van der Waals surface area contributed by atoms with Crippen LogP contribution in [-0.2, 0) is 23.8 Å². The molecule has 1 aromatic carbocycles. The third-order valence-electron chi connectivity index (χ3n) is 8.98. The van der Waals surface area contributed by atoms with Crippen molar-refractivity contribution in [3.63, 3.8) is 0 Å². The molecule has 3 fully saturated rings. The molecule has 7 atom stereocenters. The van der Waals surface area contributed by atoms with E-state index in [9.17, 15) is 39.6 Å². The van der Waals surface area contributed by atoms with E-state index in [1.165, 1.54) is 6.92 Å². The van der Waals surface area contributed by atoms with Gasteiger partial charge in [0.05, 0.1) is 37.0 Å². The number of aliphatic hydroxyl groups is 3. The number of hydrogen-bond acceptors (Lipinski definition) is 11. The molecule has 1 spiro atoms. The Morgan fingerprint density at radius 3 is 2.47 bits per heavy atom. The monoisotopic (exact) mass is 664 g/mol. The Morgan fingerprint density at radius 1 is 1.13 bits per heavy atom. The number of benzene rings is 1. The van der Waals surface area contributed by atoms with Gasteiger partial charge in [0, 0.05) is 58.1 Å². The number of nitrogens with zero attached hydrogens (tertiary/aromatic N) is 2. The van der Waals surface area contributed by atoms with Crippen molar-refractivity contribution in [1.29, 1.82) is 0 Å². The summed E-state index contributed by atoms with van der Waals surface area (Å²) in [5.74, 6) is -2.45. The number of amides is 3. The van der Waals surface area contributed by atoms with Crippen molar-refractivity contribution in [1.82, 2.24) is 20.4 Å². The molecule has 6 N–H and O–H groups in total. The predicted molar refractivity (Wildman–Crippen MR) is 166 cm³/mol. The molecule has 3 saturated heterocycles. The van der Waals surface area contributed by atoms with Crippen molar-refractivity contribution in [2.45, 2.75) is 94.2 Å². The van der Waals surface area contributed by atoms with Gasteiger partial charge in [-0.2, -0.15) is 0 Å². The van der Waals surface area contributed by atoms with E-state index < -0.39 is 84.0 Å². The largest absolute Gasteiger partial charge is 0.479 e. The molecule has 3 amide bonds. The van der Waals surface area contributed by atoms with Gasteiger partial charge in [-0.05, 0) is 39.3 Å². The maximum absolute atomic E-state index is 12.9. The molecule has 0 aliphatic carbocycles. The van der Waals surface area contributed by atoms with Gasteiger partial charge in [-0.1, -0.05) is 18.2 Å². The van der Waals surface area contributed by atoms with E-state index in [0.29, 0.717) is 44.8 Å². The number of likely N-dealkylation sites (tertiary alicyclic amines) is 1. The summed E-state index contributed by atoms with van der Waals surface area (Å²) in [5.41, 5.74) is -2.93. The number of hydrogen-bond donors (Lipinski definition) is 6. The highest BCUT2D eigenvalue weighted by molar-refractivity contribution is 5.94. The van der Waals surface area contributed by atoms with E-state index in [1.54, 1.807) is 56.0 Å². The Bertz CT molecular complexity index is 1280. The smallest absolute Gasteiger partial charge is 0.410 e. The zero-order chi connectivity index (χ0) is 34.6. The maximum atomic E-state index is 12.9. The standard InChI is InChI=1S/C32H48N4O11/c1-20(37)34-24-22(38)16-32(28(42)43,46-26(24)25(40)23(39)17-33-27(41)21-8-6-5-7-9-21)11-13-36-14-15-45-19-31(36)10-12-35(18-31)29(44)47-30(2,3)4/h5-9,22-26,38-40H,10-19H2,1-4H3,(H,33,41)(H,34,37)(H,42,43)/t22-,23+,24+,25+,26+,31-,32+/m0/s1. The van der Waals surface area contributed by atoms with Crippen molar-refractivity contribution in [3.05, 3.63) is 35.9 Å². The first-order chi connectivity index (χ1) is 22.1. The highest BCUT2D eigenvalue weighted by atomic mass is 16.6. The van der Waals surface area contributed by atoms with Gasteiger partial charge in [-0.25, -0.2) is 9.59 Å². The Labute approximate surface area is 274 Å². The van der Waals surface area contributed by atoms with Crippen LogP contribution in [-0.4, -0.2) is 147 Å². The van der Waals surface area contributed by atoms with Crippen molar-refractivity contribution in [2.24, 2.45) is 0 Å². The summed E-state index contributed by atoms with van der Waals surface area (Å²) in [7, 11) is 0. The van der Waals surface area contributed by atoms with Crippen LogP contribution in [0, 0.1) is 0 Å². The van der Waals surface area contributed by atoms with Crippen molar-refractivity contribution in [3.8, 4) is 0 Å². The van der Waals surface area contributed by atoms with Crippen molar-refractivity contribution in [2.75, 3.05) is 45.9 Å². The molecule has 0 bridgehead atoms. The van der Waals surface area contributed by atoms with E-state index in [1.807, 2.05) is 0 Å². The summed E-state index contributed by atoms with van der Waals surface area (Å²) in [4.78, 5) is 53.9. The van der Waals surface area contributed by atoms with Crippen LogP contribution < -0.4 is 10.6 Å². The number of ether oxygens (including phenoxy) is 3. The second kappa shape index (κ2) is 14.8. The van der Waals surface area contributed by atoms with Crippen LogP contribution in [0.4, 0.5) is 4.79 Å². The molecule has 3 heterocycles. The second-order valence-corrected chi connectivity index (χ2v) is 13.7. The molecule has 262 valence electrons. The molecule has 15 nitrogen and oxygen atoms in total. The zero-order valence-corrected chi connectivity index (χ0v) is 27.4. The number of carboxylic acid groups (broad SMARTS) is 1. The second-order valence-electron chi connectivity index (χ2n) is 13.7. The Kier molecular flexibility index (Phi) is 11.5. The number of carbonyl (C=O) groups is 4. The number of carboxylic acids is 1. The fourth-order valence-electron chi connectivity index (χ4n) is 6.54. The highest BCUT2D eigenvalue weighted by Gasteiger charge is 2.55. The Morgan fingerprint density at radius 2 is 1.83 bits per heavy atom. The summed E-state index contributed by atoms with van der Waals surface area (Å²) in [5, 5.41) is 48.8. The van der Waals surface area contributed by atoms with Crippen LogP contribution in [0.2, 0.25) is 0 Å². The molecule has 15 heteroatoms. The van der Waals surface area contributed by atoms with E-state index in [0.717, 1.165) is 0 Å². The van der Waals surface area contributed by atoms with Gasteiger partial charge in [0.1, 0.15) is 17.8 Å². The lowest BCUT2D eigenvalue weighted by Crippen LogP contribution is -2.68. The number of rotatable bonds is 10. The minimum Gasteiger partial charge on any atom is -0.479 e. The molecule has 0 unspecified atom stereocenters. The van der Waals surface area contributed by atoms with Crippen LogP contribution in [0.3, 0.4) is 0 Å². The lowest BCUT2D eigenvalue weighted by Gasteiger charge is -2.49. The van der Waals surface area contributed by atoms with Gasteiger partial charge in [-0.15, -0.1) is 0 Å². The molecule has 1 aromatic rings. The first kappa shape index (κ1) is 36.5. The SMILES string of the molecule is CC(=O)N[C@H]1[C@H]([C@H](O)[C@H](O)CNC(=O)c2ccccc2)O[C@@](CCN2CCOC[C@@]23CCN(C(=O)OC(C)(C)C)C3)(C(=O)O)C[C@@H]1O. The van der Waals surface area contributed by atoms with Crippen LogP contribution in [0.25, 0.3) is 0 Å². The third-order valence-corrected chi connectivity index (χ3v) is 8.98. The molecule has 4 rings (SSSR count). The topological polar surface area (TPSA) is 207 Å². The average molecular weight is 665 g/mol. The number of nitrogens with one attached hydrogen (secondary N) is 2. The van der Waals surface area contributed by atoms with Gasteiger partial charge >= 0.3 is 12.1 Å². The normalized spacial score (nSPS) is 29.6. The summed E-state index contributed by atoms with van der Waals surface area (Å²) in [6, 6.07) is 6.98. The summed E-state index contributed by atoms with van der Waals surface area (Å²) >= 11 is 0. The number of morpholine rings is 1. The highest BCUT2D eigenvalue weighted by Crippen LogP contribution is 2.38. The van der Waals surface area contributed by atoms with Gasteiger partial charge in [-0.3, -0.25) is 14.5 Å². The number of aliphatic carboxylic acids is 1. The van der Waals surface area contributed by atoms with Gasteiger partial charge < -0.3 is 50.2 Å². The van der Waals surface area contributed by atoms with E-state index in [4.69, 9.17) is 14.2 Å². The van der Waals surface area contributed by atoms with E-state index in [-0.39, 0.29) is 13.0 Å². The minimum atomic E-state index is -2.00. The first-order valence-electron chi connectivity index (χ1n) is 15.9. The molecular formula is C32H48N4O11. The Balaban J connectivity index is 1.50. The molecule has 47 heavy (non-hydrogen) atoms. The third kappa shape index (κ3) is 8.77. The molecule has 0 aromatic heterocycles. The summed E-state index contributed by atoms with van der Waals surface area (Å²) in [6.45, 7) is 8.26. The molecular weight excluding hydrogens is 616 g/mol. The lowest BCUT2D eigenvalue weighted by atomic mass is 9.81. The maximum Gasteiger partial charge on any atom is 0.410 e. The van der Waals surface area contributed by atoms with Crippen LogP contribution >= 0.6 is 0 Å². The number of carbonyl (C=O) groups excluding carboxylic acids is 3. The molecule has 0 radical (unpaired) electrons. The van der Waals surface area contributed by atoms with Crippen molar-refractivity contribution < 1.29 is 53.8 Å². The Hall–Kier alpha value is -3.34. The fraction of sp³-hybridized carbons (Fsp3) is 0.688. The first-order valence-corrected chi connectivity index (χ1v) is 15.9. The van der Waals surface area contributed by atoms with Gasteiger partial charge in [0.25, 0.3) is 5.91 Å². The van der Waals surface area contributed by atoms with Gasteiger partial charge in [0.15, 0.2) is 5.60 Å². The molecule has 0 saturated carbocycles. The van der Waals surface area contributed by atoms with Gasteiger partial charge in [0.2, 0.25) is 5.91 Å². The van der Waals surface area contributed by atoms with E-state index >= 15 is 0 Å². The minimum absolute atomic E-state index is 0.121.